The molecule has 0 spiro atoms. The lowest BCUT2D eigenvalue weighted by molar-refractivity contribution is -0.133. The Hall–Kier alpha value is -1.59. The van der Waals surface area contributed by atoms with Gasteiger partial charge in [0.2, 0.25) is 5.91 Å². The number of nitrogens with one attached hydrogen (secondary N) is 1. The van der Waals surface area contributed by atoms with Crippen LogP contribution in [0, 0.1) is 0 Å². The van der Waals surface area contributed by atoms with E-state index < -0.39 is 0 Å². The van der Waals surface area contributed by atoms with Crippen LogP contribution >= 0.6 is 24.0 Å². The van der Waals surface area contributed by atoms with Crippen molar-refractivity contribution < 1.29 is 14.3 Å². The van der Waals surface area contributed by atoms with Gasteiger partial charge >= 0.3 is 0 Å². The van der Waals surface area contributed by atoms with Gasteiger partial charge in [-0.3, -0.25) is 14.7 Å². The van der Waals surface area contributed by atoms with E-state index in [4.69, 9.17) is 9.47 Å². The lowest BCUT2D eigenvalue weighted by Gasteiger charge is -2.37. The number of piperazine rings is 1. The molecule has 0 radical (unpaired) electrons. The minimum absolute atomic E-state index is 0. The maximum atomic E-state index is 12.5. The van der Waals surface area contributed by atoms with Crippen molar-refractivity contribution in [1.29, 1.82) is 0 Å². The molecular weight excluding hydrogens is 533 g/mol. The van der Waals surface area contributed by atoms with Crippen molar-refractivity contribution in [2.24, 2.45) is 4.99 Å². The van der Waals surface area contributed by atoms with E-state index in [9.17, 15) is 4.79 Å². The third-order valence-corrected chi connectivity index (χ3v) is 6.06. The van der Waals surface area contributed by atoms with E-state index in [-0.39, 0.29) is 29.9 Å². The molecule has 33 heavy (non-hydrogen) atoms. The van der Waals surface area contributed by atoms with Crippen LogP contribution < -0.4 is 10.1 Å². The van der Waals surface area contributed by atoms with Crippen molar-refractivity contribution in [1.82, 2.24) is 20.0 Å². The molecule has 2 aliphatic rings. The summed E-state index contributed by atoms with van der Waals surface area (Å²) in [7, 11) is 3.53. The molecule has 1 amide bonds. The summed E-state index contributed by atoms with van der Waals surface area (Å²) in [6.07, 6.45) is 4.41. The zero-order valence-electron chi connectivity index (χ0n) is 20.1. The van der Waals surface area contributed by atoms with E-state index in [1.807, 2.05) is 24.1 Å². The Morgan fingerprint density at radius 3 is 2.48 bits per heavy atom. The Morgan fingerprint density at radius 1 is 1.03 bits per heavy atom. The van der Waals surface area contributed by atoms with Gasteiger partial charge < -0.3 is 24.6 Å². The van der Waals surface area contributed by atoms with Crippen LogP contribution in [0.5, 0.6) is 5.75 Å². The lowest BCUT2D eigenvalue weighted by Crippen LogP contribution is -2.54. The summed E-state index contributed by atoms with van der Waals surface area (Å²) in [5.74, 6) is 2.06. The summed E-state index contributed by atoms with van der Waals surface area (Å²) >= 11 is 0. The molecule has 1 aromatic carbocycles. The van der Waals surface area contributed by atoms with E-state index in [1.54, 1.807) is 7.11 Å². The van der Waals surface area contributed by atoms with Gasteiger partial charge in [-0.05, 0) is 37.0 Å². The summed E-state index contributed by atoms with van der Waals surface area (Å²) in [5, 5.41) is 3.47. The average molecular weight is 574 g/mol. The van der Waals surface area contributed by atoms with E-state index in [0.717, 1.165) is 75.8 Å². The minimum atomic E-state index is 0. The van der Waals surface area contributed by atoms with Crippen LogP contribution in [0.4, 0.5) is 0 Å². The van der Waals surface area contributed by atoms with Crippen molar-refractivity contribution in [3.63, 3.8) is 0 Å². The van der Waals surface area contributed by atoms with E-state index in [2.05, 4.69) is 32.2 Å². The van der Waals surface area contributed by atoms with Crippen molar-refractivity contribution in [2.75, 3.05) is 73.2 Å². The van der Waals surface area contributed by atoms with Gasteiger partial charge in [0.05, 0.1) is 13.2 Å². The highest BCUT2D eigenvalue weighted by molar-refractivity contribution is 14.0. The van der Waals surface area contributed by atoms with Gasteiger partial charge in [-0.2, -0.15) is 0 Å². The zero-order valence-corrected chi connectivity index (χ0v) is 22.5. The van der Waals surface area contributed by atoms with Crippen LogP contribution in [0.1, 0.15) is 31.2 Å². The number of rotatable bonds is 9. The standard InChI is InChI=1S/C24H39N5O3.HI/c1-25-24(26-19-21-8-6-9-22(18-21)32-17-7-16-31-2)29-14-12-27(13-15-29)20-23(30)28-10-4-3-5-11-28;/h6,8-9,18H,3-5,7,10-17,19-20H2,1-2H3,(H,25,26);1H. The number of carbonyl (C=O) groups excluding carboxylic acids is 1. The van der Waals surface area contributed by atoms with Crippen LogP contribution in [-0.4, -0.2) is 99.8 Å². The molecule has 3 rings (SSSR count). The summed E-state index contributed by atoms with van der Waals surface area (Å²) in [4.78, 5) is 23.6. The first-order valence-electron chi connectivity index (χ1n) is 11.9. The molecule has 0 aromatic heterocycles. The van der Waals surface area contributed by atoms with Gasteiger partial charge in [-0.25, -0.2) is 0 Å². The zero-order chi connectivity index (χ0) is 22.6. The molecule has 9 heteroatoms. The Bertz CT molecular complexity index is 735. The van der Waals surface area contributed by atoms with Crippen molar-refractivity contribution in [3.05, 3.63) is 29.8 Å². The average Bonchev–Trinajstić information content (AvgIpc) is 2.84. The number of carbonyl (C=O) groups is 1. The fraction of sp³-hybridized carbons (Fsp3) is 0.667. The van der Waals surface area contributed by atoms with Gasteiger partial charge in [0.1, 0.15) is 5.75 Å². The van der Waals surface area contributed by atoms with Gasteiger partial charge in [-0.1, -0.05) is 12.1 Å². The Kier molecular flexibility index (Phi) is 12.9. The molecule has 1 N–H and O–H groups in total. The third kappa shape index (κ3) is 9.29. The van der Waals surface area contributed by atoms with E-state index >= 15 is 0 Å². The topological polar surface area (TPSA) is 69.6 Å². The Labute approximate surface area is 215 Å². The first-order valence-corrected chi connectivity index (χ1v) is 11.9. The normalized spacial score (nSPS) is 17.5. The molecule has 2 saturated heterocycles. The number of likely N-dealkylation sites (tertiary alicyclic amines) is 1. The summed E-state index contributed by atoms with van der Waals surface area (Å²) in [5.41, 5.74) is 1.15. The monoisotopic (exact) mass is 573 g/mol. The second-order valence-corrected chi connectivity index (χ2v) is 8.45. The number of aliphatic imine (C=N–C) groups is 1. The first kappa shape index (κ1) is 27.7. The molecule has 8 nitrogen and oxygen atoms in total. The predicted octanol–water partition coefficient (Wildman–Crippen LogP) is 2.43. The third-order valence-electron chi connectivity index (χ3n) is 6.06. The number of piperidine rings is 1. The molecular formula is C24H40IN5O3. The summed E-state index contributed by atoms with van der Waals surface area (Å²) in [6.45, 7) is 7.94. The van der Waals surface area contributed by atoms with E-state index in [1.165, 1.54) is 6.42 Å². The van der Waals surface area contributed by atoms with Crippen LogP contribution in [0.25, 0.3) is 0 Å². The second-order valence-electron chi connectivity index (χ2n) is 8.45. The fourth-order valence-corrected chi connectivity index (χ4v) is 4.20. The van der Waals surface area contributed by atoms with Crippen molar-refractivity contribution in [3.8, 4) is 5.75 Å². The van der Waals surface area contributed by atoms with Crippen LogP contribution in [0.2, 0.25) is 0 Å². The molecule has 0 unspecified atom stereocenters. The minimum Gasteiger partial charge on any atom is -0.493 e. The smallest absolute Gasteiger partial charge is 0.236 e. The molecule has 0 bridgehead atoms. The highest BCUT2D eigenvalue weighted by Gasteiger charge is 2.24. The summed E-state index contributed by atoms with van der Waals surface area (Å²) < 4.78 is 10.9. The fourth-order valence-electron chi connectivity index (χ4n) is 4.20. The molecule has 0 saturated carbocycles. The molecule has 2 fully saturated rings. The highest BCUT2D eigenvalue weighted by Crippen LogP contribution is 2.14. The van der Waals surface area contributed by atoms with Gasteiger partial charge in [-0.15, -0.1) is 24.0 Å². The van der Waals surface area contributed by atoms with Crippen molar-refractivity contribution >= 4 is 35.8 Å². The van der Waals surface area contributed by atoms with Crippen LogP contribution in [-0.2, 0) is 16.1 Å². The molecule has 186 valence electrons. The second kappa shape index (κ2) is 15.3. The van der Waals surface area contributed by atoms with Crippen LogP contribution in [0.15, 0.2) is 29.3 Å². The quantitative estimate of drug-likeness (QED) is 0.212. The largest absolute Gasteiger partial charge is 0.493 e. The number of guanidine groups is 1. The Balaban J connectivity index is 0.00000385. The summed E-state index contributed by atoms with van der Waals surface area (Å²) in [6, 6.07) is 8.16. The number of hydrogen-bond acceptors (Lipinski definition) is 5. The number of halogens is 1. The molecule has 0 aliphatic carbocycles. The number of benzene rings is 1. The Morgan fingerprint density at radius 2 is 1.79 bits per heavy atom. The predicted molar refractivity (Wildman–Crippen MR) is 142 cm³/mol. The SMILES string of the molecule is CN=C(NCc1cccc(OCCCOC)c1)N1CCN(CC(=O)N2CCCCC2)CC1.I. The number of methoxy groups -OCH3 is 1. The first-order chi connectivity index (χ1) is 15.7. The maximum Gasteiger partial charge on any atom is 0.236 e. The molecule has 2 heterocycles. The number of nitrogens with zero attached hydrogens (tertiary/aromatic N) is 4. The van der Waals surface area contributed by atoms with Gasteiger partial charge in [0.25, 0.3) is 0 Å². The van der Waals surface area contributed by atoms with Crippen LogP contribution in [0.3, 0.4) is 0 Å². The number of ether oxygens (including phenoxy) is 2. The molecule has 0 atom stereocenters. The maximum absolute atomic E-state index is 12.5. The molecule has 2 aliphatic heterocycles. The molecule has 1 aromatic rings. The van der Waals surface area contributed by atoms with E-state index in [0.29, 0.717) is 26.3 Å². The highest BCUT2D eigenvalue weighted by atomic mass is 127. The van der Waals surface area contributed by atoms with Crippen molar-refractivity contribution in [2.45, 2.75) is 32.2 Å². The van der Waals surface area contributed by atoms with Gasteiger partial charge in [0.15, 0.2) is 5.96 Å². The number of hydrogen-bond donors (Lipinski definition) is 1. The van der Waals surface area contributed by atoms with Gasteiger partial charge in [0, 0.05) is 73.0 Å². The number of amides is 1. The lowest BCUT2D eigenvalue weighted by atomic mass is 10.1.